The van der Waals surface area contributed by atoms with Crippen LogP contribution in [0.1, 0.15) is 25.5 Å². The maximum absolute atomic E-state index is 6.08. The van der Waals surface area contributed by atoms with E-state index in [1.54, 1.807) is 14.2 Å². The van der Waals surface area contributed by atoms with E-state index >= 15 is 0 Å². The maximum atomic E-state index is 6.08. The Balaban J connectivity index is 3.01. The lowest BCUT2D eigenvalue weighted by Gasteiger charge is -2.25. The minimum atomic E-state index is 0.115. The summed E-state index contributed by atoms with van der Waals surface area (Å²) in [5.74, 6) is 2.03. The third-order valence-electron chi connectivity index (χ3n) is 3.93. The molecule has 23 heavy (non-hydrogen) atoms. The highest BCUT2D eigenvalue weighted by Gasteiger charge is 2.17. The van der Waals surface area contributed by atoms with E-state index in [9.17, 15) is 0 Å². The first-order valence-corrected chi connectivity index (χ1v) is 7.91. The van der Waals surface area contributed by atoms with Crippen LogP contribution in [0.2, 0.25) is 0 Å². The summed E-state index contributed by atoms with van der Waals surface area (Å²) < 4.78 is 10.7. The van der Waals surface area contributed by atoms with Crippen molar-refractivity contribution >= 4 is 5.96 Å². The average molecular weight is 322 g/mol. The number of guanidine groups is 1. The van der Waals surface area contributed by atoms with Crippen molar-refractivity contribution in [3.05, 3.63) is 23.8 Å². The molecule has 0 amide bonds. The highest BCUT2D eigenvalue weighted by molar-refractivity contribution is 5.78. The molecule has 0 radical (unpaired) electrons. The number of ether oxygens (including phenoxy) is 2. The standard InChI is InChI=1S/C17H30N4O2/c1-7-21(8-2)17(18)19-12-14(20(3)4)13-9-10-15(22-5)16(11-13)23-6/h9-11,14H,7-8,12H2,1-6H3,(H2,18,19). The van der Waals surface area contributed by atoms with Crippen LogP contribution in [-0.2, 0) is 0 Å². The van der Waals surface area contributed by atoms with Crippen molar-refractivity contribution in [2.75, 3.05) is 47.9 Å². The zero-order chi connectivity index (χ0) is 17.4. The van der Waals surface area contributed by atoms with Gasteiger partial charge in [0.05, 0.1) is 26.8 Å². The van der Waals surface area contributed by atoms with E-state index in [2.05, 4.69) is 23.7 Å². The zero-order valence-corrected chi connectivity index (χ0v) is 15.2. The van der Waals surface area contributed by atoms with Gasteiger partial charge >= 0.3 is 0 Å². The number of hydrogen-bond donors (Lipinski definition) is 1. The molecule has 0 aromatic heterocycles. The Labute approximate surface area is 139 Å². The summed E-state index contributed by atoms with van der Waals surface area (Å²) in [6.45, 7) is 6.45. The van der Waals surface area contributed by atoms with Gasteiger partial charge < -0.3 is 25.0 Å². The molecule has 6 heteroatoms. The lowest BCUT2D eigenvalue weighted by Crippen LogP contribution is -2.37. The van der Waals surface area contributed by atoms with Gasteiger partial charge in [0.2, 0.25) is 0 Å². The first-order valence-electron chi connectivity index (χ1n) is 7.91. The smallest absolute Gasteiger partial charge is 0.191 e. The van der Waals surface area contributed by atoms with Crippen LogP contribution in [0.15, 0.2) is 23.2 Å². The quantitative estimate of drug-likeness (QED) is 0.585. The van der Waals surface area contributed by atoms with E-state index in [4.69, 9.17) is 15.2 Å². The van der Waals surface area contributed by atoms with Crippen LogP contribution in [0.3, 0.4) is 0 Å². The molecule has 2 N–H and O–H groups in total. The van der Waals surface area contributed by atoms with E-state index in [1.807, 2.05) is 37.2 Å². The Hall–Kier alpha value is -1.95. The van der Waals surface area contributed by atoms with Gasteiger partial charge in [-0.25, -0.2) is 0 Å². The van der Waals surface area contributed by atoms with Gasteiger partial charge in [-0.1, -0.05) is 6.07 Å². The number of rotatable bonds is 8. The molecule has 0 aliphatic heterocycles. The van der Waals surface area contributed by atoms with Gasteiger partial charge in [-0.3, -0.25) is 4.99 Å². The lowest BCUT2D eigenvalue weighted by atomic mass is 10.1. The van der Waals surface area contributed by atoms with Gasteiger partial charge in [0, 0.05) is 13.1 Å². The van der Waals surface area contributed by atoms with E-state index in [0.29, 0.717) is 12.5 Å². The van der Waals surface area contributed by atoms with Crippen molar-refractivity contribution in [2.45, 2.75) is 19.9 Å². The van der Waals surface area contributed by atoms with Crippen LogP contribution in [0.5, 0.6) is 11.5 Å². The van der Waals surface area contributed by atoms with E-state index in [0.717, 1.165) is 30.2 Å². The summed E-state index contributed by atoms with van der Waals surface area (Å²) in [4.78, 5) is 8.74. The molecular formula is C17H30N4O2. The molecule has 0 saturated heterocycles. The van der Waals surface area contributed by atoms with Crippen molar-refractivity contribution in [1.29, 1.82) is 0 Å². The topological polar surface area (TPSA) is 63.3 Å². The van der Waals surface area contributed by atoms with Crippen LogP contribution < -0.4 is 15.2 Å². The summed E-state index contributed by atoms with van der Waals surface area (Å²) >= 11 is 0. The molecule has 1 rings (SSSR count). The summed E-state index contributed by atoms with van der Waals surface area (Å²) in [6, 6.07) is 6.06. The average Bonchev–Trinajstić information content (AvgIpc) is 2.55. The Morgan fingerprint density at radius 1 is 1.13 bits per heavy atom. The molecule has 0 spiro atoms. The number of methoxy groups -OCH3 is 2. The van der Waals surface area contributed by atoms with Gasteiger partial charge in [-0.2, -0.15) is 0 Å². The summed E-state index contributed by atoms with van der Waals surface area (Å²) in [6.07, 6.45) is 0. The molecule has 130 valence electrons. The van der Waals surface area contributed by atoms with Crippen LogP contribution in [0, 0.1) is 0 Å². The number of benzene rings is 1. The van der Waals surface area contributed by atoms with E-state index in [-0.39, 0.29) is 6.04 Å². The maximum Gasteiger partial charge on any atom is 0.191 e. The van der Waals surface area contributed by atoms with Crippen molar-refractivity contribution < 1.29 is 9.47 Å². The number of hydrogen-bond acceptors (Lipinski definition) is 4. The monoisotopic (exact) mass is 322 g/mol. The van der Waals surface area contributed by atoms with Gasteiger partial charge in [0.15, 0.2) is 17.5 Å². The molecule has 0 saturated carbocycles. The number of likely N-dealkylation sites (N-methyl/N-ethyl adjacent to an activating group) is 1. The number of aliphatic imine (C=N–C) groups is 1. The minimum absolute atomic E-state index is 0.115. The molecule has 1 unspecified atom stereocenters. The predicted octanol–water partition coefficient (Wildman–Crippen LogP) is 1.96. The zero-order valence-electron chi connectivity index (χ0n) is 15.2. The normalized spacial score (nSPS) is 13.1. The van der Waals surface area contributed by atoms with Crippen molar-refractivity contribution in [3.63, 3.8) is 0 Å². The van der Waals surface area contributed by atoms with Crippen LogP contribution in [-0.4, -0.2) is 63.7 Å². The molecule has 1 aromatic carbocycles. The molecule has 0 aliphatic rings. The molecule has 0 heterocycles. The van der Waals surface area contributed by atoms with Crippen molar-refractivity contribution in [2.24, 2.45) is 10.7 Å². The van der Waals surface area contributed by atoms with Crippen molar-refractivity contribution in [1.82, 2.24) is 9.80 Å². The molecule has 6 nitrogen and oxygen atoms in total. The van der Waals surface area contributed by atoms with E-state index < -0.39 is 0 Å². The first kappa shape index (κ1) is 19.1. The largest absolute Gasteiger partial charge is 0.493 e. The Kier molecular flexibility index (Phi) is 7.68. The number of nitrogens with two attached hydrogens (primary N) is 1. The van der Waals surface area contributed by atoms with Gasteiger partial charge in [0.25, 0.3) is 0 Å². The summed E-state index contributed by atoms with van der Waals surface area (Å²) in [5, 5.41) is 0. The Morgan fingerprint density at radius 2 is 1.74 bits per heavy atom. The van der Waals surface area contributed by atoms with Crippen molar-refractivity contribution in [3.8, 4) is 11.5 Å². The molecule has 1 aromatic rings. The molecule has 0 aliphatic carbocycles. The molecular weight excluding hydrogens is 292 g/mol. The van der Waals surface area contributed by atoms with Gasteiger partial charge in [0.1, 0.15) is 0 Å². The SMILES string of the molecule is CCN(CC)C(N)=NCC(c1ccc(OC)c(OC)c1)N(C)C. The summed E-state index contributed by atoms with van der Waals surface area (Å²) in [7, 11) is 7.34. The highest BCUT2D eigenvalue weighted by atomic mass is 16.5. The third kappa shape index (κ3) is 5.03. The minimum Gasteiger partial charge on any atom is -0.493 e. The Bertz CT molecular complexity index is 513. The molecule has 0 fully saturated rings. The second-order valence-corrected chi connectivity index (χ2v) is 5.47. The number of nitrogens with zero attached hydrogens (tertiary/aromatic N) is 3. The molecule has 0 bridgehead atoms. The lowest BCUT2D eigenvalue weighted by molar-refractivity contribution is 0.302. The Morgan fingerprint density at radius 3 is 2.22 bits per heavy atom. The van der Waals surface area contributed by atoms with E-state index in [1.165, 1.54) is 0 Å². The van der Waals surface area contributed by atoms with Crippen LogP contribution in [0.4, 0.5) is 0 Å². The second-order valence-electron chi connectivity index (χ2n) is 5.47. The van der Waals surface area contributed by atoms with Gasteiger partial charge in [-0.05, 0) is 45.6 Å². The fraction of sp³-hybridized carbons (Fsp3) is 0.588. The van der Waals surface area contributed by atoms with Crippen LogP contribution in [0.25, 0.3) is 0 Å². The first-order chi connectivity index (χ1) is 11.0. The third-order valence-corrected chi connectivity index (χ3v) is 3.93. The highest BCUT2D eigenvalue weighted by Crippen LogP contribution is 2.31. The molecule has 1 atom stereocenters. The van der Waals surface area contributed by atoms with Gasteiger partial charge in [-0.15, -0.1) is 0 Å². The fourth-order valence-corrected chi connectivity index (χ4v) is 2.45. The predicted molar refractivity (Wildman–Crippen MR) is 95.4 cm³/mol. The second kappa shape index (κ2) is 9.25. The summed E-state index contributed by atoms with van der Waals surface area (Å²) in [5.41, 5.74) is 7.19. The fourth-order valence-electron chi connectivity index (χ4n) is 2.45. The van der Waals surface area contributed by atoms with Crippen LogP contribution >= 0.6 is 0 Å².